The van der Waals surface area contributed by atoms with Gasteiger partial charge in [-0.1, -0.05) is 12.1 Å². The van der Waals surface area contributed by atoms with E-state index >= 15 is 0 Å². The third-order valence-electron chi connectivity index (χ3n) is 4.31. The standard InChI is InChI=1S/C17H18N2O3S/c20-17(15-11-21-13-6-1-2-7-14(13)22-15)19-9-4-3-5-12(19)16-18-8-10-23-16/h1-2,6-8,10,12,15H,3-5,9,11H2/t12-,15+/m0/s1. The third kappa shape index (κ3) is 2.79. The van der Waals surface area contributed by atoms with Crippen LogP contribution >= 0.6 is 11.3 Å². The Kier molecular flexibility index (Phi) is 3.91. The van der Waals surface area contributed by atoms with Crippen LogP contribution < -0.4 is 9.47 Å². The molecule has 0 spiro atoms. The lowest BCUT2D eigenvalue weighted by atomic mass is 10.0. The van der Waals surface area contributed by atoms with Crippen LogP contribution in [-0.4, -0.2) is 35.0 Å². The maximum absolute atomic E-state index is 13.0. The molecule has 0 bridgehead atoms. The van der Waals surface area contributed by atoms with Crippen LogP contribution in [-0.2, 0) is 4.79 Å². The van der Waals surface area contributed by atoms with Gasteiger partial charge in [-0.25, -0.2) is 4.98 Å². The van der Waals surface area contributed by atoms with Crippen LogP contribution in [0.2, 0.25) is 0 Å². The number of carbonyl (C=O) groups excluding carboxylic acids is 1. The number of benzene rings is 1. The Morgan fingerprint density at radius 3 is 2.96 bits per heavy atom. The third-order valence-corrected chi connectivity index (χ3v) is 5.18. The fourth-order valence-electron chi connectivity index (χ4n) is 3.18. The van der Waals surface area contributed by atoms with Gasteiger partial charge < -0.3 is 14.4 Å². The molecule has 0 aliphatic carbocycles. The average molecular weight is 330 g/mol. The monoisotopic (exact) mass is 330 g/mol. The van der Waals surface area contributed by atoms with Gasteiger partial charge in [-0.05, 0) is 31.4 Å². The first-order valence-corrected chi connectivity index (χ1v) is 8.79. The molecule has 1 aromatic carbocycles. The Morgan fingerprint density at radius 1 is 1.26 bits per heavy atom. The smallest absolute Gasteiger partial charge is 0.267 e. The molecule has 2 aliphatic rings. The number of aromatic nitrogens is 1. The highest BCUT2D eigenvalue weighted by Gasteiger charge is 2.36. The van der Waals surface area contributed by atoms with Crippen molar-refractivity contribution in [3.63, 3.8) is 0 Å². The number of likely N-dealkylation sites (tertiary alicyclic amines) is 1. The second-order valence-corrected chi connectivity index (χ2v) is 6.70. The maximum atomic E-state index is 13.0. The average Bonchev–Trinajstić information content (AvgIpc) is 3.15. The zero-order valence-electron chi connectivity index (χ0n) is 12.7. The SMILES string of the molecule is O=C([C@H]1COc2ccccc2O1)N1CCCC[C@H]1c1nccs1. The molecule has 5 nitrogen and oxygen atoms in total. The number of fused-ring (bicyclic) bond motifs is 1. The highest BCUT2D eigenvalue weighted by Crippen LogP contribution is 2.35. The first-order chi connectivity index (χ1) is 11.3. The summed E-state index contributed by atoms with van der Waals surface area (Å²) >= 11 is 1.61. The summed E-state index contributed by atoms with van der Waals surface area (Å²) in [7, 11) is 0. The van der Waals surface area contributed by atoms with Crippen LogP contribution in [0, 0.1) is 0 Å². The number of hydrogen-bond donors (Lipinski definition) is 0. The number of thiazole rings is 1. The van der Waals surface area contributed by atoms with Crippen molar-refractivity contribution >= 4 is 17.2 Å². The van der Waals surface area contributed by atoms with Gasteiger partial charge in [0.25, 0.3) is 5.91 Å². The van der Waals surface area contributed by atoms with E-state index in [1.165, 1.54) is 0 Å². The highest BCUT2D eigenvalue weighted by atomic mass is 32.1. The topological polar surface area (TPSA) is 51.7 Å². The van der Waals surface area contributed by atoms with Crippen LogP contribution in [0.4, 0.5) is 0 Å². The van der Waals surface area contributed by atoms with Crippen LogP contribution in [0.25, 0.3) is 0 Å². The highest BCUT2D eigenvalue weighted by molar-refractivity contribution is 7.09. The predicted molar refractivity (Wildman–Crippen MR) is 86.8 cm³/mol. The molecule has 1 fully saturated rings. The summed E-state index contributed by atoms with van der Waals surface area (Å²) in [4.78, 5) is 19.3. The summed E-state index contributed by atoms with van der Waals surface area (Å²) in [5.41, 5.74) is 0. The summed E-state index contributed by atoms with van der Waals surface area (Å²) in [6, 6.07) is 7.54. The second kappa shape index (κ2) is 6.20. The van der Waals surface area contributed by atoms with E-state index in [0.29, 0.717) is 11.5 Å². The Hall–Kier alpha value is -2.08. The number of rotatable bonds is 2. The second-order valence-electron chi connectivity index (χ2n) is 5.78. The molecule has 23 heavy (non-hydrogen) atoms. The molecule has 3 heterocycles. The maximum Gasteiger partial charge on any atom is 0.267 e. The van der Waals surface area contributed by atoms with Crippen molar-refractivity contribution in [2.24, 2.45) is 0 Å². The van der Waals surface area contributed by atoms with Crippen LogP contribution in [0.15, 0.2) is 35.8 Å². The molecule has 1 aromatic heterocycles. The van der Waals surface area contributed by atoms with Crippen molar-refractivity contribution in [2.75, 3.05) is 13.2 Å². The molecular weight excluding hydrogens is 312 g/mol. The molecule has 1 amide bonds. The van der Waals surface area contributed by atoms with Gasteiger partial charge in [0.2, 0.25) is 6.10 Å². The molecule has 1 saturated heterocycles. The van der Waals surface area contributed by atoms with Crippen molar-refractivity contribution in [2.45, 2.75) is 31.4 Å². The van der Waals surface area contributed by atoms with E-state index < -0.39 is 6.10 Å². The Balaban J connectivity index is 1.54. The lowest BCUT2D eigenvalue weighted by Gasteiger charge is -2.37. The van der Waals surface area contributed by atoms with Crippen molar-refractivity contribution in [3.8, 4) is 11.5 Å². The van der Waals surface area contributed by atoms with Crippen LogP contribution in [0.1, 0.15) is 30.3 Å². The largest absolute Gasteiger partial charge is 0.485 e. The molecule has 4 rings (SSSR count). The van der Waals surface area contributed by atoms with Crippen molar-refractivity contribution in [1.82, 2.24) is 9.88 Å². The molecular formula is C17H18N2O3S. The lowest BCUT2D eigenvalue weighted by Crippen LogP contribution is -2.49. The minimum Gasteiger partial charge on any atom is -0.485 e. The fourth-order valence-corrected chi connectivity index (χ4v) is 3.96. The van der Waals surface area contributed by atoms with E-state index in [9.17, 15) is 4.79 Å². The molecule has 0 saturated carbocycles. The van der Waals surface area contributed by atoms with Crippen molar-refractivity contribution < 1.29 is 14.3 Å². The number of ether oxygens (including phenoxy) is 2. The van der Waals surface area contributed by atoms with Crippen molar-refractivity contribution in [3.05, 3.63) is 40.8 Å². The van der Waals surface area contributed by atoms with Gasteiger partial charge in [0, 0.05) is 18.1 Å². The van der Waals surface area contributed by atoms with E-state index in [2.05, 4.69) is 4.98 Å². The fraction of sp³-hybridized carbons (Fsp3) is 0.412. The minimum atomic E-state index is -0.578. The van der Waals surface area contributed by atoms with Gasteiger partial charge in [-0.15, -0.1) is 11.3 Å². The van der Waals surface area contributed by atoms with E-state index in [1.54, 1.807) is 17.5 Å². The first-order valence-electron chi connectivity index (χ1n) is 7.91. The zero-order chi connectivity index (χ0) is 15.6. The Bertz CT molecular complexity index is 689. The Morgan fingerprint density at radius 2 is 2.13 bits per heavy atom. The summed E-state index contributed by atoms with van der Waals surface area (Å²) in [6.07, 6.45) is 4.33. The summed E-state index contributed by atoms with van der Waals surface area (Å²) in [6.45, 7) is 1.02. The van der Waals surface area contributed by atoms with E-state index in [-0.39, 0.29) is 18.6 Å². The summed E-state index contributed by atoms with van der Waals surface area (Å²) < 4.78 is 11.6. The number of piperidine rings is 1. The van der Waals surface area contributed by atoms with E-state index in [1.807, 2.05) is 34.5 Å². The number of nitrogens with zero attached hydrogens (tertiary/aromatic N) is 2. The molecule has 0 unspecified atom stereocenters. The predicted octanol–water partition coefficient (Wildman–Crippen LogP) is 3.04. The van der Waals surface area contributed by atoms with E-state index in [4.69, 9.17) is 9.47 Å². The number of hydrogen-bond acceptors (Lipinski definition) is 5. The van der Waals surface area contributed by atoms with Gasteiger partial charge in [-0.3, -0.25) is 4.79 Å². The van der Waals surface area contributed by atoms with Crippen LogP contribution in [0.5, 0.6) is 11.5 Å². The van der Waals surface area contributed by atoms with Crippen LogP contribution in [0.3, 0.4) is 0 Å². The zero-order valence-corrected chi connectivity index (χ0v) is 13.5. The molecule has 0 radical (unpaired) electrons. The quantitative estimate of drug-likeness (QED) is 0.849. The normalized spacial score (nSPS) is 23.6. The van der Waals surface area contributed by atoms with Gasteiger partial charge in [0.05, 0.1) is 6.04 Å². The van der Waals surface area contributed by atoms with E-state index in [0.717, 1.165) is 30.8 Å². The van der Waals surface area contributed by atoms with Gasteiger partial charge in [-0.2, -0.15) is 0 Å². The lowest BCUT2D eigenvalue weighted by molar-refractivity contribution is -0.145. The number of amides is 1. The summed E-state index contributed by atoms with van der Waals surface area (Å²) in [5, 5.41) is 2.97. The molecule has 0 N–H and O–H groups in total. The molecule has 2 aromatic rings. The number of para-hydroxylation sites is 2. The molecule has 6 heteroatoms. The van der Waals surface area contributed by atoms with Gasteiger partial charge in [0.1, 0.15) is 11.6 Å². The van der Waals surface area contributed by atoms with Crippen molar-refractivity contribution in [1.29, 1.82) is 0 Å². The molecule has 2 aliphatic heterocycles. The molecule has 120 valence electrons. The van der Waals surface area contributed by atoms with Gasteiger partial charge in [0.15, 0.2) is 11.5 Å². The number of carbonyl (C=O) groups is 1. The Labute approximate surface area is 138 Å². The molecule has 2 atom stereocenters. The van der Waals surface area contributed by atoms with Gasteiger partial charge >= 0.3 is 0 Å². The summed E-state index contributed by atoms with van der Waals surface area (Å²) in [5.74, 6) is 1.34. The first kappa shape index (κ1) is 14.5. The minimum absolute atomic E-state index is 0.000553.